The Morgan fingerprint density at radius 1 is 1.23 bits per heavy atom. The number of carbonyl (C=O) groups excluding carboxylic acids is 1. The number of hydrogen-bond acceptors (Lipinski definition) is 6. The van der Waals surface area contributed by atoms with Crippen molar-refractivity contribution in [3.05, 3.63) is 47.4 Å². The summed E-state index contributed by atoms with van der Waals surface area (Å²) < 4.78 is 2.92. The fraction of sp³-hybridized carbons (Fsp3) is 0.273. The average Bonchev–Trinajstić information content (AvgIpc) is 3.42. The predicted octanol–water partition coefficient (Wildman–Crippen LogP) is 4.09. The van der Waals surface area contributed by atoms with Gasteiger partial charge in [-0.3, -0.25) is 4.79 Å². The van der Waals surface area contributed by atoms with Crippen molar-refractivity contribution in [1.82, 2.24) is 25.1 Å². The van der Waals surface area contributed by atoms with Gasteiger partial charge in [0.1, 0.15) is 10.7 Å². The lowest BCUT2D eigenvalue weighted by Gasteiger charge is -2.10. The van der Waals surface area contributed by atoms with E-state index in [9.17, 15) is 4.79 Å². The topological polar surface area (TPSA) is 84.7 Å². The summed E-state index contributed by atoms with van der Waals surface area (Å²) in [6.07, 6.45) is 3.94. The first kappa shape index (κ1) is 17.6. The van der Waals surface area contributed by atoms with E-state index in [2.05, 4.69) is 33.4 Å². The summed E-state index contributed by atoms with van der Waals surface area (Å²) in [5.74, 6) is 2.76. The van der Waals surface area contributed by atoms with Gasteiger partial charge < -0.3 is 10.6 Å². The molecule has 2 aliphatic rings. The number of carbonyl (C=O) groups is 1. The van der Waals surface area contributed by atoms with Gasteiger partial charge in [-0.25, -0.2) is 9.97 Å². The van der Waals surface area contributed by atoms with Gasteiger partial charge >= 0.3 is 0 Å². The zero-order valence-electron chi connectivity index (χ0n) is 16.5. The summed E-state index contributed by atoms with van der Waals surface area (Å²) in [6.45, 7) is 6.50. The van der Waals surface area contributed by atoms with Crippen molar-refractivity contribution in [3.8, 4) is 5.82 Å². The minimum atomic E-state index is -0.0184. The van der Waals surface area contributed by atoms with E-state index in [0.717, 1.165) is 56.0 Å². The number of pyridine rings is 1. The predicted molar refractivity (Wildman–Crippen MR) is 120 cm³/mol. The van der Waals surface area contributed by atoms with E-state index >= 15 is 0 Å². The molecule has 8 heteroatoms. The third-order valence-corrected chi connectivity index (χ3v) is 6.82. The Kier molecular flexibility index (Phi) is 3.73. The minimum Gasteiger partial charge on any atom is -0.381 e. The maximum Gasteiger partial charge on any atom is 0.263 e. The second-order valence-electron chi connectivity index (χ2n) is 7.95. The Morgan fingerprint density at radius 3 is 2.90 bits per heavy atom. The maximum atomic E-state index is 12.6. The maximum absolute atomic E-state index is 12.6. The number of rotatable bonds is 3. The van der Waals surface area contributed by atoms with E-state index in [1.54, 1.807) is 6.08 Å². The molecule has 1 atom stereocenters. The van der Waals surface area contributed by atoms with E-state index in [0.29, 0.717) is 18.3 Å². The molecule has 1 amide bonds. The van der Waals surface area contributed by atoms with Crippen molar-refractivity contribution in [3.63, 3.8) is 0 Å². The SMILES string of the molecule is C=Cc1nc(C2CC2)n(-c2ccc3c(ccc4sc5c(c43)NC[C@@H](C)NC5=O)n2)n1. The van der Waals surface area contributed by atoms with Gasteiger partial charge in [0.05, 0.1) is 11.2 Å². The molecular formula is C22H20N6OS. The number of aromatic nitrogens is 4. The third kappa shape index (κ3) is 2.64. The van der Waals surface area contributed by atoms with E-state index in [1.807, 2.05) is 29.8 Å². The summed E-state index contributed by atoms with van der Waals surface area (Å²) in [5, 5.41) is 13.2. The standard InChI is InChI=1S/C22H20N6OS/c1-3-16-26-21(12-4-5-12)28(27-16)17-9-6-13-14(25-17)7-8-15-18(13)19-20(30-15)22(29)24-11(2)10-23-19/h3,6-9,11-12,23H,1,4-5,10H2,2H3,(H,24,29)/t11-/m1/s1. The first-order valence-corrected chi connectivity index (χ1v) is 10.9. The zero-order chi connectivity index (χ0) is 20.4. The number of fused-ring (bicyclic) bond motifs is 5. The van der Waals surface area contributed by atoms with Gasteiger partial charge in [-0.15, -0.1) is 16.4 Å². The largest absolute Gasteiger partial charge is 0.381 e. The van der Waals surface area contributed by atoms with Crippen LogP contribution >= 0.6 is 11.3 Å². The molecule has 2 N–H and O–H groups in total. The Balaban J connectivity index is 1.54. The van der Waals surface area contributed by atoms with Crippen molar-refractivity contribution in [1.29, 1.82) is 0 Å². The Morgan fingerprint density at radius 2 is 2.10 bits per heavy atom. The minimum absolute atomic E-state index is 0.0184. The van der Waals surface area contributed by atoms with Gasteiger partial charge in [0.25, 0.3) is 5.91 Å². The number of anilines is 1. The summed E-state index contributed by atoms with van der Waals surface area (Å²) in [6, 6.07) is 8.20. The molecule has 0 saturated heterocycles. The van der Waals surface area contributed by atoms with Gasteiger partial charge in [0.2, 0.25) is 0 Å². The Labute approximate surface area is 176 Å². The fourth-order valence-electron chi connectivity index (χ4n) is 4.03. The van der Waals surface area contributed by atoms with Crippen molar-refractivity contribution in [2.24, 2.45) is 0 Å². The highest BCUT2D eigenvalue weighted by atomic mass is 32.1. The van der Waals surface area contributed by atoms with Crippen LogP contribution in [-0.2, 0) is 0 Å². The van der Waals surface area contributed by atoms with E-state index in [4.69, 9.17) is 4.98 Å². The molecule has 3 aromatic heterocycles. The van der Waals surface area contributed by atoms with Crippen LogP contribution in [0.5, 0.6) is 0 Å². The van der Waals surface area contributed by atoms with Crippen LogP contribution in [0.1, 0.15) is 47.0 Å². The number of benzene rings is 1. The molecule has 0 bridgehead atoms. The molecule has 150 valence electrons. The molecular weight excluding hydrogens is 396 g/mol. The van der Waals surface area contributed by atoms with Crippen molar-refractivity contribution >= 4 is 50.0 Å². The van der Waals surface area contributed by atoms with E-state index in [-0.39, 0.29) is 11.9 Å². The monoisotopic (exact) mass is 416 g/mol. The Bertz CT molecular complexity index is 1350. The van der Waals surface area contributed by atoms with Crippen molar-refractivity contribution in [2.75, 3.05) is 11.9 Å². The van der Waals surface area contributed by atoms with Gasteiger partial charge in [-0.2, -0.15) is 4.68 Å². The fourth-order valence-corrected chi connectivity index (χ4v) is 5.13. The number of amides is 1. The number of hydrogen-bond donors (Lipinski definition) is 2. The average molecular weight is 417 g/mol. The lowest BCUT2D eigenvalue weighted by atomic mass is 10.1. The second-order valence-corrected chi connectivity index (χ2v) is 9.01. The van der Waals surface area contributed by atoms with Crippen LogP contribution in [0.3, 0.4) is 0 Å². The van der Waals surface area contributed by atoms with Gasteiger partial charge in [-0.1, -0.05) is 6.58 Å². The lowest BCUT2D eigenvalue weighted by Crippen LogP contribution is -2.34. The van der Waals surface area contributed by atoms with Gasteiger partial charge in [0, 0.05) is 34.0 Å². The molecule has 7 nitrogen and oxygen atoms in total. The summed E-state index contributed by atoms with van der Waals surface area (Å²) in [7, 11) is 0. The molecule has 4 heterocycles. The Hall–Kier alpha value is -3.26. The van der Waals surface area contributed by atoms with E-state index in [1.165, 1.54) is 11.3 Å². The third-order valence-electron chi connectivity index (χ3n) is 5.67. The quantitative estimate of drug-likeness (QED) is 0.525. The number of nitrogens with one attached hydrogen (secondary N) is 2. The smallest absolute Gasteiger partial charge is 0.263 e. The van der Waals surface area contributed by atoms with Crippen LogP contribution in [0.4, 0.5) is 5.69 Å². The molecule has 30 heavy (non-hydrogen) atoms. The number of nitrogens with zero attached hydrogens (tertiary/aromatic N) is 4. The molecule has 6 rings (SSSR count). The molecule has 1 aromatic carbocycles. The summed E-state index contributed by atoms with van der Waals surface area (Å²) in [5.41, 5.74) is 1.78. The molecule has 1 saturated carbocycles. The highest BCUT2D eigenvalue weighted by molar-refractivity contribution is 7.21. The zero-order valence-corrected chi connectivity index (χ0v) is 17.3. The number of thiophene rings is 1. The molecule has 4 aromatic rings. The van der Waals surface area contributed by atoms with Crippen LogP contribution < -0.4 is 10.6 Å². The highest BCUT2D eigenvalue weighted by Gasteiger charge is 2.30. The first-order chi connectivity index (χ1) is 14.6. The highest BCUT2D eigenvalue weighted by Crippen LogP contribution is 2.42. The molecule has 1 aliphatic heterocycles. The molecule has 0 radical (unpaired) electrons. The van der Waals surface area contributed by atoms with Gasteiger partial charge in [0.15, 0.2) is 11.6 Å². The van der Waals surface area contributed by atoms with Crippen LogP contribution in [0, 0.1) is 0 Å². The van der Waals surface area contributed by atoms with Crippen LogP contribution in [0.2, 0.25) is 0 Å². The molecule has 0 spiro atoms. The normalized spacial score (nSPS) is 18.7. The van der Waals surface area contributed by atoms with Crippen LogP contribution in [0.25, 0.3) is 32.9 Å². The summed E-state index contributed by atoms with van der Waals surface area (Å²) >= 11 is 1.52. The molecule has 1 fully saturated rings. The van der Waals surface area contributed by atoms with Crippen molar-refractivity contribution in [2.45, 2.75) is 31.7 Å². The second kappa shape index (κ2) is 6.37. The first-order valence-electron chi connectivity index (χ1n) is 10.1. The van der Waals surface area contributed by atoms with Gasteiger partial charge in [-0.05, 0) is 50.1 Å². The van der Waals surface area contributed by atoms with Crippen molar-refractivity contribution < 1.29 is 4.79 Å². The van der Waals surface area contributed by atoms with E-state index < -0.39 is 0 Å². The molecule has 0 unspecified atom stereocenters. The van der Waals surface area contributed by atoms with Crippen LogP contribution in [-0.4, -0.2) is 38.2 Å². The van der Waals surface area contributed by atoms with Crippen LogP contribution in [0.15, 0.2) is 30.8 Å². The molecule has 1 aliphatic carbocycles. The lowest BCUT2D eigenvalue weighted by molar-refractivity contribution is 0.0949. The summed E-state index contributed by atoms with van der Waals surface area (Å²) in [4.78, 5) is 22.9.